The summed E-state index contributed by atoms with van der Waals surface area (Å²) in [5.74, 6) is 0. The second-order valence-corrected chi connectivity index (χ2v) is 12.5. The molecular weight excluding hydrogens is 438 g/mol. The Bertz CT molecular complexity index is 700. The Morgan fingerprint density at radius 1 is 0.903 bits per heavy atom. The molecule has 1 aromatic heterocycles. The topological polar surface area (TPSA) is 122 Å². The van der Waals surface area contributed by atoms with Crippen molar-refractivity contribution in [1.29, 1.82) is 0 Å². The predicted octanol–water partition coefficient (Wildman–Crippen LogP) is 4.01. The maximum absolute atomic E-state index is 11.5. The van der Waals surface area contributed by atoms with Gasteiger partial charge in [0.15, 0.2) is 18.9 Å². The molecule has 0 bridgehead atoms. The first kappa shape index (κ1) is 28.4. The molecule has 0 fully saturated rings. The smallest absolute Gasteiger partial charge is 0.324 e. The largest absolute Gasteiger partial charge is 0.347 e. The monoisotopic (exact) mass is 479 g/mol. The molecule has 0 aliphatic rings. The number of hydrogen-bond acceptors (Lipinski definition) is 3. The standard InChI is InChI=1S/C21H40N2O6P2/c1-3-4-5-6-7-8-9-10-11-12-15-22(2)17-20-14-13-16-23(18-20)19-21(30(24,25)26)31(27,28)29/h13-14,16,18,21H,3-12,15,17,19H2,1-2H3,(H3-,24,25,26,27,28,29)/p+1. The van der Waals surface area contributed by atoms with E-state index in [0.29, 0.717) is 6.54 Å². The van der Waals surface area contributed by atoms with Gasteiger partial charge in [0.05, 0.1) is 0 Å². The van der Waals surface area contributed by atoms with Crippen LogP contribution in [0.3, 0.4) is 0 Å². The first-order chi connectivity index (χ1) is 14.5. The van der Waals surface area contributed by atoms with Crippen LogP contribution in [0.1, 0.15) is 76.7 Å². The summed E-state index contributed by atoms with van der Waals surface area (Å²) in [6.07, 6.45) is 16.2. The van der Waals surface area contributed by atoms with Gasteiger partial charge in [0.25, 0.3) is 0 Å². The molecule has 0 aliphatic heterocycles. The van der Waals surface area contributed by atoms with Crippen molar-refractivity contribution >= 4 is 15.2 Å². The zero-order valence-electron chi connectivity index (χ0n) is 19.0. The Morgan fingerprint density at radius 2 is 1.42 bits per heavy atom. The SMILES string of the molecule is CCCCCCCCCCCCN(C)Cc1ccc[n+](CC(P(=O)(O)O)P(=O)(O)O)c1. The van der Waals surface area contributed by atoms with Gasteiger partial charge in [-0.2, -0.15) is 0 Å². The van der Waals surface area contributed by atoms with Gasteiger partial charge < -0.3 is 24.5 Å². The molecule has 1 heterocycles. The second kappa shape index (κ2) is 14.5. The first-order valence-electron chi connectivity index (χ1n) is 11.3. The molecule has 0 radical (unpaired) electrons. The lowest BCUT2D eigenvalue weighted by atomic mass is 10.1. The highest BCUT2D eigenvalue weighted by Crippen LogP contribution is 2.59. The molecule has 0 amide bonds. The van der Waals surface area contributed by atoms with Crippen molar-refractivity contribution in [2.45, 2.75) is 89.6 Å². The van der Waals surface area contributed by atoms with Gasteiger partial charge in [-0.25, -0.2) is 4.57 Å². The fourth-order valence-electron chi connectivity index (χ4n) is 3.64. The van der Waals surface area contributed by atoms with Gasteiger partial charge in [-0.1, -0.05) is 64.7 Å². The van der Waals surface area contributed by atoms with E-state index in [1.165, 1.54) is 62.4 Å². The molecule has 0 saturated carbocycles. The highest BCUT2D eigenvalue weighted by atomic mass is 31.2. The van der Waals surface area contributed by atoms with Gasteiger partial charge >= 0.3 is 15.2 Å². The summed E-state index contributed by atoms with van der Waals surface area (Å²) in [5, 5.41) is -2.04. The third kappa shape index (κ3) is 12.9. The summed E-state index contributed by atoms with van der Waals surface area (Å²) in [5.41, 5.74) is 0.923. The number of nitrogens with zero attached hydrogens (tertiary/aromatic N) is 2. The zero-order chi connectivity index (χ0) is 23.3. The lowest BCUT2D eigenvalue weighted by Gasteiger charge is -2.18. The molecule has 4 N–H and O–H groups in total. The van der Waals surface area contributed by atoms with Crippen LogP contribution in [0.5, 0.6) is 0 Å². The van der Waals surface area contributed by atoms with Crippen molar-refractivity contribution in [3.8, 4) is 0 Å². The van der Waals surface area contributed by atoms with Crippen LogP contribution in [0, 0.1) is 0 Å². The van der Waals surface area contributed by atoms with Crippen LogP contribution in [-0.2, 0) is 22.2 Å². The predicted molar refractivity (Wildman–Crippen MR) is 123 cm³/mol. The van der Waals surface area contributed by atoms with Crippen LogP contribution < -0.4 is 4.57 Å². The Kier molecular flexibility index (Phi) is 13.3. The molecule has 0 saturated heterocycles. The van der Waals surface area contributed by atoms with Gasteiger partial charge in [-0.3, -0.25) is 9.13 Å². The van der Waals surface area contributed by atoms with E-state index in [2.05, 4.69) is 11.8 Å². The third-order valence-electron chi connectivity index (χ3n) is 5.42. The molecule has 0 atom stereocenters. The summed E-state index contributed by atoms with van der Waals surface area (Å²) in [4.78, 5) is 39.4. The molecule has 1 aromatic rings. The van der Waals surface area contributed by atoms with Crippen LogP contribution in [0.15, 0.2) is 24.5 Å². The van der Waals surface area contributed by atoms with Crippen LogP contribution >= 0.6 is 15.2 Å². The molecule has 10 heteroatoms. The lowest BCUT2D eigenvalue weighted by molar-refractivity contribution is -0.695. The molecule has 180 valence electrons. The molecule has 1 rings (SSSR count). The minimum atomic E-state index is -4.93. The fourth-order valence-corrected chi connectivity index (χ4v) is 6.01. The Balaban J connectivity index is 2.37. The third-order valence-corrected chi connectivity index (χ3v) is 9.10. The van der Waals surface area contributed by atoms with E-state index in [1.807, 2.05) is 13.1 Å². The van der Waals surface area contributed by atoms with E-state index in [1.54, 1.807) is 18.5 Å². The van der Waals surface area contributed by atoms with E-state index in [4.69, 9.17) is 0 Å². The molecule has 0 aromatic carbocycles. The van der Waals surface area contributed by atoms with Crippen LogP contribution in [0.2, 0.25) is 0 Å². The summed E-state index contributed by atoms with van der Waals surface area (Å²) in [7, 11) is -7.84. The number of unbranched alkanes of at least 4 members (excludes halogenated alkanes) is 9. The van der Waals surface area contributed by atoms with Crippen molar-refractivity contribution in [3.05, 3.63) is 30.1 Å². The zero-order valence-corrected chi connectivity index (χ0v) is 20.8. The molecule has 0 aliphatic carbocycles. The van der Waals surface area contributed by atoms with Crippen LogP contribution in [0.25, 0.3) is 0 Å². The lowest BCUT2D eigenvalue weighted by Crippen LogP contribution is -2.39. The van der Waals surface area contributed by atoms with Crippen LogP contribution in [0.4, 0.5) is 0 Å². The van der Waals surface area contributed by atoms with Gasteiger partial charge in [0.1, 0.15) is 0 Å². The maximum Gasteiger partial charge on any atom is 0.347 e. The second-order valence-electron chi connectivity index (χ2n) is 8.49. The van der Waals surface area contributed by atoms with E-state index >= 15 is 0 Å². The van der Waals surface area contributed by atoms with Crippen molar-refractivity contribution in [1.82, 2.24) is 4.90 Å². The molecule has 0 unspecified atom stereocenters. The van der Waals surface area contributed by atoms with Gasteiger partial charge in [0.2, 0.25) is 5.40 Å². The van der Waals surface area contributed by atoms with Crippen molar-refractivity contribution in [2.24, 2.45) is 0 Å². The molecule has 0 spiro atoms. The number of hydrogen-bond donors (Lipinski definition) is 4. The highest BCUT2D eigenvalue weighted by molar-refractivity contribution is 7.70. The Labute approximate surface area is 187 Å². The average Bonchev–Trinajstić information content (AvgIpc) is 2.66. The van der Waals surface area contributed by atoms with Gasteiger partial charge in [-0.15, -0.1) is 0 Å². The molecule has 31 heavy (non-hydrogen) atoms. The van der Waals surface area contributed by atoms with E-state index in [9.17, 15) is 28.7 Å². The first-order valence-corrected chi connectivity index (χ1v) is 14.7. The average molecular weight is 480 g/mol. The molecular formula is C21H41N2O6P2+. The van der Waals surface area contributed by atoms with Crippen molar-refractivity contribution in [2.75, 3.05) is 13.6 Å². The quantitative estimate of drug-likeness (QED) is 0.151. The number of aromatic nitrogens is 1. The highest BCUT2D eigenvalue weighted by Gasteiger charge is 2.46. The van der Waals surface area contributed by atoms with Gasteiger partial charge in [0, 0.05) is 18.2 Å². The number of rotatable bonds is 17. The maximum atomic E-state index is 11.5. The van der Waals surface area contributed by atoms with Crippen molar-refractivity contribution < 1.29 is 33.3 Å². The Morgan fingerprint density at radius 3 is 1.94 bits per heavy atom. The summed E-state index contributed by atoms with van der Waals surface area (Å²) in [6, 6.07) is 3.62. The van der Waals surface area contributed by atoms with E-state index in [0.717, 1.165) is 18.5 Å². The van der Waals surface area contributed by atoms with Gasteiger partial charge in [-0.05, 0) is 26.1 Å². The Hall–Kier alpha value is -0.590. The normalized spacial score (nSPS) is 12.8. The molecule has 8 nitrogen and oxygen atoms in total. The minimum absolute atomic E-state index is 0.440. The fraction of sp³-hybridized carbons (Fsp3) is 0.762. The number of pyridine rings is 1. The van der Waals surface area contributed by atoms with E-state index in [-0.39, 0.29) is 0 Å². The summed E-state index contributed by atoms with van der Waals surface area (Å²) < 4.78 is 24.4. The summed E-state index contributed by atoms with van der Waals surface area (Å²) in [6.45, 7) is 3.42. The minimum Gasteiger partial charge on any atom is -0.324 e. The summed E-state index contributed by atoms with van der Waals surface area (Å²) >= 11 is 0. The van der Waals surface area contributed by atoms with Crippen LogP contribution in [-0.4, -0.2) is 43.5 Å². The van der Waals surface area contributed by atoms with E-state index < -0.39 is 27.1 Å². The van der Waals surface area contributed by atoms with Crippen molar-refractivity contribution in [3.63, 3.8) is 0 Å².